The predicted molar refractivity (Wildman–Crippen MR) is 81.3 cm³/mol. The van der Waals surface area contributed by atoms with Crippen LogP contribution in [0, 0.1) is 6.92 Å². The van der Waals surface area contributed by atoms with Gasteiger partial charge in [-0.2, -0.15) is 0 Å². The zero-order valence-electron chi connectivity index (χ0n) is 12.2. The fourth-order valence-corrected chi connectivity index (χ4v) is 3.34. The molecule has 0 aliphatic carbocycles. The van der Waals surface area contributed by atoms with Gasteiger partial charge in [-0.1, -0.05) is 11.6 Å². The van der Waals surface area contributed by atoms with Crippen molar-refractivity contribution >= 4 is 22.6 Å². The molecule has 1 amide bonds. The maximum Gasteiger partial charge on any atom is 0.245 e. The first-order chi connectivity index (χ1) is 10.5. The van der Waals surface area contributed by atoms with Crippen molar-refractivity contribution in [2.75, 3.05) is 11.4 Å². The molecule has 0 saturated carbocycles. The molecule has 6 nitrogen and oxygen atoms in total. The van der Waals surface area contributed by atoms with Gasteiger partial charge in [0.25, 0.3) is 0 Å². The van der Waals surface area contributed by atoms with Gasteiger partial charge in [-0.25, -0.2) is 4.98 Å². The molecule has 4 rings (SSSR count). The monoisotopic (exact) mass is 299 g/mol. The number of rotatable bonds is 0. The highest BCUT2D eigenvalue weighted by molar-refractivity contribution is 5.90. The average Bonchev–Trinajstić information content (AvgIpc) is 2.84. The Labute approximate surface area is 127 Å². The normalized spacial score (nSPS) is 27.3. The van der Waals surface area contributed by atoms with Crippen molar-refractivity contribution in [3.8, 4) is 0 Å². The first-order valence-corrected chi connectivity index (χ1v) is 7.37. The van der Waals surface area contributed by atoms with E-state index >= 15 is 0 Å². The van der Waals surface area contributed by atoms with Crippen LogP contribution in [0.3, 0.4) is 0 Å². The van der Waals surface area contributed by atoms with E-state index in [-0.39, 0.29) is 5.91 Å². The first-order valence-electron chi connectivity index (χ1n) is 7.37. The summed E-state index contributed by atoms with van der Waals surface area (Å²) in [5.41, 5.74) is 2.49. The van der Waals surface area contributed by atoms with Gasteiger partial charge in [0.05, 0.1) is 11.6 Å². The smallest absolute Gasteiger partial charge is 0.245 e. The van der Waals surface area contributed by atoms with E-state index in [1.54, 1.807) is 4.90 Å². The fraction of sp³-hybridized carbons (Fsp3) is 0.375. The largest absolute Gasteiger partial charge is 0.391 e. The van der Waals surface area contributed by atoms with Gasteiger partial charge in [-0.3, -0.25) is 4.79 Å². The molecule has 2 aliphatic rings. The summed E-state index contributed by atoms with van der Waals surface area (Å²) in [5.74, 6) is 0.297. The van der Waals surface area contributed by atoms with Crippen molar-refractivity contribution in [3.63, 3.8) is 0 Å². The summed E-state index contributed by atoms with van der Waals surface area (Å²) in [5, 5.41) is 23.7. The number of benzene rings is 1. The molecular weight excluding hydrogens is 282 g/mol. The second-order valence-electron chi connectivity index (χ2n) is 6.07. The number of nitrogens with zero attached hydrogens (tertiary/aromatic N) is 2. The van der Waals surface area contributed by atoms with Crippen molar-refractivity contribution in [3.05, 3.63) is 35.4 Å². The number of fused-ring (bicyclic) bond motifs is 4. The standard InChI is InChI=1S/C16H17N3O3/c1-8-2-3-12-9(4-8)5-11-14(17-12)19-7-10(20)6-13(19)16(22)18-15(11)21/h2-5,10,13,15,20-21H,6-7H2,1H3,(H,18,22)/t10-,13-,15-/m1/s1. The van der Waals surface area contributed by atoms with Crippen LogP contribution in [0.2, 0.25) is 0 Å². The molecule has 1 aromatic carbocycles. The highest BCUT2D eigenvalue weighted by atomic mass is 16.3. The number of anilines is 1. The van der Waals surface area contributed by atoms with Crippen LogP contribution in [0.1, 0.15) is 23.8 Å². The molecule has 0 radical (unpaired) electrons. The molecule has 3 atom stereocenters. The minimum Gasteiger partial charge on any atom is -0.391 e. The number of hydrogen-bond donors (Lipinski definition) is 3. The van der Waals surface area contributed by atoms with E-state index in [0.717, 1.165) is 16.5 Å². The summed E-state index contributed by atoms with van der Waals surface area (Å²) in [6, 6.07) is 7.29. The highest BCUT2D eigenvalue weighted by Gasteiger charge is 2.41. The van der Waals surface area contributed by atoms with Crippen molar-refractivity contribution in [2.24, 2.45) is 0 Å². The molecule has 0 spiro atoms. The van der Waals surface area contributed by atoms with Crippen LogP contribution in [0.4, 0.5) is 5.82 Å². The minimum absolute atomic E-state index is 0.276. The van der Waals surface area contributed by atoms with Crippen molar-refractivity contribution in [1.29, 1.82) is 0 Å². The lowest BCUT2D eigenvalue weighted by molar-refractivity contribution is -0.125. The Morgan fingerprint density at radius 3 is 2.95 bits per heavy atom. The van der Waals surface area contributed by atoms with Crippen molar-refractivity contribution in [1.82, 2.24) is 10.3 Å². The summed E-state index contributed by atoms with van der Waals surface area (Å²) >= 11 is 0. The molecule has 22 heavy (non-hydrogen) atoms. The molecule has 114 valence electrons. The number of nitrogens with one attached hydrogen (secondary N) is 1. The Morgan fingerprint density at radius 2 is 2.14 bits per heavy atom. The lowest BCUT2D eigenvalue weighted by Crippen LogP contribution is -2.41. The second kappa shape index (κ2) is 4.66. The summed E-state index contributed by atoms with van der Waals surface area (Å²) in [4.78, 5) is 18.7. The van der Waals surface area contributed by atoms with E-state index in [4.69, 9.17) is 0 Å². The lowest BCUT2D eigenvalue weighted by Gasteiger charge is -2.23. The van der Waals surface area contributed by atoms with E-state index in [2.05, 4.69) is 10.3 Å². The first kappa shape index (κ1) is 13.5. The quantitative estimate of drug-likeness (QED) is 0.663. The van der Waals surface area contributed by atoms with Gasteiger partial charge in [0.2, 0.25) is 5.91 Å². The minimum atomic E-state index is -1.08. The number of amides is 1. The van der Waals surface area contributed by atoms with E-state index in [9.17, 15) is 15.0 Å². The van der Waals surface area contributed by atoms with Crippen molar-refractivity contribution < 1.29 is 15.0 Å². The zero-order chi connectivity index (χ0) is 15.4. The number of carbonyl (C=O) groups excluding carboxylic acids is 1. The summed E-state index contributed by atoms with van der Waals surface area (Å²) in [6.07, 6.45) is -1.29. The van der Waals surface area contributed by atoms with Gasteiger partial charge in [0.1, 0.15) is 11.9 Å². The molecule has 2 aromatic rings. The fourth-order valence-electron chi connectivity index (χ4n) is 3.34. The predicted octanol–water partition coefficient (Wildman–Crippen LogP) is 0.604. The molecule has 1 saturated heterocycles. The topological polar surface area (TPSA) is 85.7 Å². The van der Waals surface area contributed by atoms with Crippen LogP contribution in [-0.2, 0) is 4.79 Å². The van der Waals surface area contributed by atoms with E-state index in [1.807, 2.05) is 31.2 Å². The summed E-state index contributed by atoms with van der Waals surface area (Å²) in [7, 11) is 0. The van der Waals surface area contributed by atoms with E-state index in [1.165, 1.54) is 0 Å². The molecule has 1 aromatic heterocycles. The van der Waals surface area contributed by atoms with Crippen LogP contribution < -0.4 is 10.2 Å². The van der Waals surface area contributed by atoms with E-state index in [0.29, 0.717) is 24.3 Å². The third-order valence-electron chi connectivity index (χ3n) is 4.41. The number of aryl methyl sites for hydroxylation is 1. The summed E-state index contributed by atoms with van der Waals surface area (Å²) in [6.45, 7) is 2.35. The van der Waals surface area contributed by atoms with Gasteiger partial charge in [0, 0.05) is 23.9 Å². The van der Waals surface area contributed by atoms with Gasteiger partial charge in [-0.15, -0.1) is 0 Å². The highest BCUT2D eigenvalue weighted by Crippen LogP contribution is 2.35. The van der Waals surface area contributed by atoms with Gasteiger partial charge >= 0.3 is 0 Å². The molecular formula is C16H17N3O3. The van der Waals surface area contributed by atoms with Gasteiger partial charge in [-0.05, 0) is 25.1 Å². The maximum absolute atomic E-state index is 12.2. The van der Waals surface area contributed by atoms with Gasteiger partial charge in [0.15, 0.2) is 6.23 Å². The molecule has 3 heterocycles. The average molecular weight is 299 g/mol. The Kier molecular flexibility index (Phi) is 2.85. The molecule has 6 heteroatoms. The number of hydrogen-bond acceptors (Lipinski definition) is 5. The second-order valence-corrected chi connectivity index (χ2v) is 6.07. The van der Waals surface area contributed by atoms with Crippen LogP contribution in [0.5, 0.6) is 0 Å². The maximum atomic E-state index is 12.2. The Morgan fingerprint density at radius 1 is 1.32 bits per heavy atom. The van der Waals surface area contributed by atoms with Crippen LogP contribution in [-0.4, -0.2) is 39.8 Å². The Hall–Kier alpha value is -2.18. The molecule has 0 bridgehead atoms. The number of carbonyl (C=O) groups is 1. The SMILES string of the molecule is Cc1ccc2nc3c(cc2c1)[C@@H](O)NC(=O)[C@H]1C[C@@H](O)CN31. The molecule has 0 unspecified atom stereocenters. The summed E-state index contributed by atoms with van der Waals surface area (Å²) < 4.78 is 0. The molecule has 1 fully saturated rings. The third-order valence-corrected chi connectivity index (χ3v) is 4.41. The van der Waals surface area contributed by atoms with Crippen molar-refractivity contribution in [2.45, 2.75) is 31.7 Å². The number of aliphatic hydroxyl groups excluding tert-OH is 2. The zero-order valence-corrected chi connectivity index (χ0v) is 12.2. The van der Waals surface area contributed by atoms with E-state index < -0.39 is 18.4 Å². The molecule has 3 N–H and O–H groups in total. The Balaban J connectivity index is 1.94. The van der Waals surface area contributed by atoms with Crippen LogP contribution in [0.15, 0.2) is 24.3 Å². The third kappa shape index (κ3) is 1.95. The lowest BCUT2D eigenvalue weighted by atomic mass is 10.1. The van der Waals surface area contributed by atoms with Gasteiger partial charge < -0.3 is 20.4 Å². The number of pyridine rings is 1. The van der Waals surface area contributed by atoms with Crippen LogP contribution in [0.25, 0.3) is 10.9 Å². The molecule has 2 aliphatic heterocycles. The number of aliphatic hydroxyl groups is 2. The number of aromatic nitrogens is 1. The Bertz CT molecular complexity index is 777. The van der Waals surface area contributed by atoms with Crippen LogP contribution >= 0.6 is 0 Å².